The molecule has 1 aliphatic rings. The molecule has 94 valence electrons. The summed E-state index contributed by atoms with van der Waals surface area (Å²) in [5.41, 5.74) is -0.163. The van der Waals surface area contributed by atoms with Gasteiger partial charge in [0, 0.05) is 5.54 Å². The van der Waals surface area contributed by atoms with Crippen LogP contribution in [0.15, 0.2) is 0 Å². The summed E-state index contributed by atoms with van der Waals surface area (Å²) in [6.07, 6.45) is 2.51. The molecule has 1 heterocycles. The van der Waals surface area contributed by atoms with Crippen molar-refractivity contribution in [1.29, 1.82) is 0 Å². The van der Waals surface area contributed by atoms with E-state index in [1.165, 1.54) is 0 Å². The fraction of sp³-hybridized carbons (Fsp3) is 0.917. The van der Waals surface area contributed by atoms with Crippen LogP contribution in [0.5, 0.6) is 0 Å². The van der Waals surface area contributed by atoms with Crippen molar-refractivity contribution in [3.63, 3.8) is 0 Å². The first-order chi connectivity index (χ1) is 7.51. The zero-order valence-corrected chi connectivity index (χ0v) is 10.7. The fourth-order valence-electron chi connectivity index (χ4n) is 2.60. The Balaban J connectivity index is 2.64. The summed E-state index contributed by atoms with van der Waals surface area (Å²) < 4.78 is 10.7. The van der Waals surface area contributed by atoms with Crippen LogP contribution in [-0.4, -0.2) is 37.4 Å². The largest absolute Gasteiger partial charge is 0.466 e. The average molecular weight is 229 g/mol. The third kappa shape index (κ3) is 3.46. The van der Waals surface area contributed by atoms with Crippen molar-refractivity contribution in [3.05, 3.63) is 0 Å². The Kier molecular flexibility index (Phi) is 4.74. The molecule has 0 spiro atoms. The van der Waals surface area contributed by atoms with E-state index in [0.717, 1.165) is 12.8 Å². The quantitative estimate of drug-likeness (QED) is 0.742. The molecule has 0 radical (unpaired) electrons. The summed E-state index contributed by atoms with van der Waals surface area (Å²) in [5.74, 6) is -0.127. The van der Waals surface area contributed by atoms with Gasteiger partial charge in [0.25, 0.3) is 0 Å². The van der Waals surface area contributed by atoms with Crippen LogP contribution in [0, 0.1) is 0 Å². The highest BCUT2D eigenvalue weighted by molar-refractivity contribution is 5.71. The van der Waals surface area contributed by atoms with Gasteiger partial charge in [-0.3, -0.25) is 4.79 Å². The van der Waals surface area contributed by atoms with Gasteiger partial charge in [-0.15, -0.1) is 0 Å². The first-order valence-corrected chi connectivity index (χ1v) is 6.01. The minimum absolute atomic E-state index is 0.127. The summed E-state index contributed by atoms with van der Waals surface area (Å²) in [6.45, 7) is 6.37. The van der Waals surface area contributed by atoms with Gasteiger partial charge in [0.15, 0.2) is 0 Å². The Morgan fingerprint density at radius 1 is 1.44 bits per heavy atom. The summed E-state index contributed by atoms with van der Waals surface area (Å²) in [6, 6.07) is 0. The minimum Gasteiger partial charge on any atom is -0.466 e. The molecule has 4 nitrogen and oxygen atoms in total. The van der Waals surface area contributed by atoms with Crippen LogP contribution >= 0.6 is 0 Å². The molecule has 16 heavy (non-hydrogen) atoms. The van der Waals surface area contributed by atoms with E-state index in [1.54, 1.807) is 0 Å². The van der Waals surface area contributed by atoms with E-state index >= 15 is 0 Å². The number of nitrogens with one attached hydrogen (secondary N) is 1. The van der Waals surface area contributed by atoms with E-state index in [0.29, 0.717) is 13.0 Å². The topological polar surface area (TPSA) is 47.6 Å². The molecule has 0 bridgehead atoms. The van der Waals surface area contributed by atoms with Gasteiger partial charge >= 0.3 is 5.97 Å². The molecule has 0 saturated carbocycles. The number of carbonyl (C=O) groups is 1. The predicted octanol–water partition coefficient (Wildman–Crippen LogP) is 1.49. The first kappa shape index (κ1) is 13.5. The monoisotopic (exact) mass is 229 g/mol. The fourth-order valence-corrected chi connectivity index (χ4v) is 2.60. The summed E-state index contributed by atoms with van der Waals surface area (Å²) in [4.78, 5) is 11.6. The molecule has 2 atom stereocenters. The molecule has 0 aromatic rings. The summed E-state index contributed by atoms with van der Waals surface area (Å²) in [7, 11) is 1.91. The van der Waals surface area contributed by atoms with Gasteiger partial charge in [0.2, 0.25) is 0 Å². The summed E-state index contributed by atoms with van der Waals surface area (Å²) >= 11 is 0. The molecule has 1 saturated heterocycles. The van der Waals surface area contributed by atoms with Crippen molar-refractivity contribution in [2.75, 3.05) is 13.7 Å². The van der Waals surface area contributed by atoms with Gasteiger partial charge in [0.1, 0.15) is 0 Å². The lowest BCUT2D eigenvalue weighted by Gasteiger charge is -2.42. The van der Waals surface area contributed by atoms with E-state index in [4.69, 9.17) is 9.47 Å². The third-order valence-corrected chi connectivity index (χ3v) is 3.14. The van der Waals surface area contributed by atoms with Crippen LogP contribution in [0.2, 0.25) is 0 Å². The van der Waals surface area contributed by atoms with Crippen molar-refractivity contribution >= 4 is 5.97 Å². The van der Waals surface area contributed by atoms with Crippen LogP contribution in [0.4, 0.5) is 0 Å². The van der Waals surface area contributed by atoms with Gasteiger partial charge in [-0.1, -0.05) is 0 Å². The van der Waals surface area contributed by atoms with Crippen molar-refractivity contribution in [2.24, 2.45) is 0 Å². The lowest BCUT2D eigenvalue weighted by molar-refractivity contribution is -0.147. The van der Waals surface area contributed by atoms with Crippen LogP contribution in [0.25, 0.3) is 0 Å². The average Bonchev–Trinajstić information content (AvgIpc) is 2.16. The molecular formula is C12H23NO3. The van der Waals surface area contributed by atoms with E-state index in [2.05, 4.69) is 5.32 Å². The maximum absolute atomic E-state index is 11.6. The molecule has 1 rings (SSSR count). The number of hydrogen-bond acceptors (Lipinski definition) is 4. The van der Waals surface area contributed by atoms with E-state index in [9.17, 15) is 4.79 Å². The normalized spacial score (nSPS) is 34.8. The van der Waals surface area contributed by atoms with E-state index in [1.807, 2.05) is 27.8 Å². The maximum Gasteiger partial charge on any atom is 0.307 e. The zero-order chi connectivity index (χ0) is 12.2. The van der Waals surface area contributed by atoms with Crippen molar-refractivity contribution in [3.8, 4) is 0 Å². The zero-order valence-electron chi connectivity index (χ0n) is 10.7. The second-order valence-electron chi connectivity index (χ2n) is 4.68. The number of carbonyl (C=O) groups excluding carboxylic acids is 1. The molecule has 0 aromatic carbocycles. The Labute approximate surface area is 97.7 Å². The highest BCUT2D eigenvalue weighted by atomic mass is 16.5. The Morgan fingerprint density at radius 2 is 2.00 bits per heavy atom. The maximum atomic E-state index is 11.6. The lowest BCUT2D eigenvalue weighted by Crippen LogP contribution is -2.53. The molecule has 0 amide bonds. The van der Waals surface area contributed by atoms with Crippen LogP contribution in [0.1, 0.15) is 40.0 Å². The number of ether oxygens (including phenoxy) is 2. The third-order valence-electron chi connectivity index (χ3n) is 3.14. The predicted molar refractivity (Wildman–Crippen MR) is 62.3 cm³/mol. The number of rotatable bonds is 4. The van der Waals surface area contributed by atoms with E-state index < -0.39 is 0 Å². The second kappa shape index (κ2) is 5.64. The smallest absolute Gasteiger partial charge is 0.307 e. The number of hydrogen-bond donors (Lipinski definition) is 1. The van der Waals surface area contributed by atoms with Crippen LogP contribution < -0.4 is 5.32 Å². The Bertz CT molecular complexity index is 232. The Morgan fingerprint density at radius 3 is 2.44 bits per heavy atom. The second-order valence-corrected chi connectivity index (χ2v) is 4.68. The molecule has 0 aliphatic carbocycles. The standard InChI is InChI=1S/C12H23NO3/c1-5-15-11(14)8-12(13-4)6-9(2)16-10(3)7-12/h9-10,13H,5-8H2,1-4H3. The van der Waals surface area contributed by atoms with Gasteiger partial charge in [-0.05, 0) is 40.7 Å². The highest BCUT2D eigenvalue weighted by Crippen LogP contribution is 2.31. The van der Waals surface area contributed by atoms with Gasteiger partial charge in [-0.25, -0.2) is 0 Å². The van der Waals surface area contributed by atoms with Crippen LogP contribution in [0.3, 0.4) is 0 Å². The van der Waals surface area contributed by atoms with Crippen LogP contribution in [-0.2, 0) is 14.3 Å². The molecule has 2 unspecified atom stereocenters. The van der Waals surface area contributed by atoms with Gasteiger partial charge in [-0.2, -0.15) is 0 Å². The molecule has 1 N–H and O–H groups in total. The highest BCUT2D eigenvalue weighted by Gasteiger charge is 2.39. The molecule has 0 aromatic heterocycles. The van der Waals surface area contributed by atoms with Crippen molar-refractivity contribution in [2.45, 2.75) is 57.8 Å². The first-order valence-electron chi connectivity index (χ1n) is 6.01. The summed E-state index contributed by atoms with van der Waals surface area (Å²) in [5, 5.41) is 3.29. The molecular weight excluding hydrogens is 206 g/mol. The van der Waals surface area contributed by atoms with E-state index in [-0.39, 0.29) is 23.7 Å². The Hall–Kier alpha value is -0.610. The van der Waals surface area contributed by atoms with Crippen molar-refractivity contribution < 1.29 is 14.3 Å². The van der Waals surface area contributed by atoms with Gasteiger partial charge in [0.05, 0.1) is 25.2 Å². The lowest BCUT2D eigenvalue weighted by atomic mass is 9.81. The van der Waals surface area contributed by atoms with Crippen molar-refractivity contribution in [1.82, 2.24) is 5.32 Å². The SMILES string of the molecule is CCOC(=O)CC1(NC)CC(C)OC(C)C1. The molecule has 1 aliphatic heterocycles. The minimum atomic E-state index is -0.163. The molecule has 4 heteroatoms. The number of esters is 1. The molecule has 1 fully saturated rings. The van der Waals surface area contributed by atoms with Gasteiger partial charge < -0.3 is 14.8 Å².